The first-order chi connectivity index (χ1) is 24.8. The Labute approximate surface area is 317 Å². The van der Waals surface area contributed by atoms with Crippen LogP contribution < -0.4 is 25.1 Å². The van der Waals surface area contributed by atoms with Gasteiger partial charge in [0.1, 0.15) is 0 Å². The van der Waals surface area contributed by atoms with Gasteiger partial charge in [0.15, 0.2) is 0 Å². The molecule has 0 bridgehead atoms. The Kier molecular flexibility index (Phi) is 11.8. The zero-order chi connectivity index (χ0) is 37.0. The Bertz CT molecular complexity index is 1710. The lowest BCUT2D eigenvalue weighted by molar-refractivity contribution is 0.00578. The largest absolute Gasteiger partial charge is 0.494 e. The average Bonchev–Trinajstić information content (AvgIpc) is 3.38. The Morgan fingerprint density at radius 3 is 1.21 bits per heavy atom. The normalized spacial score (nSPS) is 19.6. The highest BCUT2D eigenvalue weighted by atomic mass is 79.9. The molecule has 2 N–H and O–H groups in total. The zero-order valence-corrected chi connectivity index (χ0v) is 32.8. The Morgan fingerprint density at radius 2 is 0.885 bits per heavy atom. The van der Waals surface area contributed by atoms with Crippen molar-refractivity contribution in [3.63, 3.8) is 0 Å². The van der Waals surface area contributed by atoms with Crippen molar-refractivity contribution in [2.75, 3.05) is 72.0 Å². The molecule has 276 valence electrons. The number of halogens is 1. The molecule has 0 radical (unpaired) electrons. The number of hydrogen-bond donors (Lipinski definition) is 2. The molecule has 7 rings (SSSR count). The van der Waals surface area contributed by atoms with Gasteiger partial charge < -0.3 is 39.1 Å². The fourth-order valence-corrected chi connectivity index (χ4v) is 6.85. The monoisotopic (exact) mass is 770 g/mol. The zero-order valence-electron chi connectivity index (χ0n) is 31.2. The summed E-state index contributed by atoms with van der Waals surface area (Å²) in [6.45, 7) is 19.5. The molecule has 0 spiro atoms. The molecule has 3 aliphatic heterocycles. The number of aliphatic hydroxyl groups is 2. The summed E-state index contributed by atoms with van der Waals surface area (Å²) in [6.07, 6.45) is 2.67. The maximum Gasteiger partial charge on any atom is 0.494 e. The summed E-state index contributed by atoms with van der Waals surface area (Å²) in [6, 6.07) is 24.9. The van der Waals surface area contributed by atoms with Crippen molar-refractivity contribution in [2.45, 2.75) is 65.0 Å². The van der Waals surface area contributed by atoms with Crippen LogP contribution in [-0.2, 0) is 9.31 Å². The van der Waals surface area contributed by atoms with Gasteiger partial charge >= 0.3 is 7.12 Å². The van der Waals surface area contributed by atoms with Gasteiger partial charge in [0, 0.05) is 68.2 Å². The summed E-state index contributed by atoms with van der Waals surface area (Å²) < 4.78 is 13.4. The summed E-state index contributed by atoms with van der Waals surface area (Å²) in [5.74, 6) is 0. The number of nitrogens with zero attached hydrogens (tertiary/aromatic N) is 6. The standard InChI is InChI=1S/C23H32BN3O3.C17H20BrN3O/c1-17(28)21-11-10-20(16-25-21)27-14-12-26(13-15-27)19-8-6-18(7-9-19)24-29-22(2,3)23(4,5)30-24;1-13(22)17-7-6-16(12-19-17)21-10-8-20(9-11-21)15-4-2-14(18)3-5-15/h6-11,16-17,28H,12-15H2,1-5H3;2-7,12-13,22H,8-11H2,1H3. The van der Waals surface area contributed by atoms with E-state index in [2.05, 4.69) is 122 Å². The molecule has 10 nitrogen and oxygen atoms in total. The fourth-order valence-electron chi connectivity index (χ4n) is 6.58. The third-order valence-electron chi connectivity index (χ3n) is 10.7. The summed E-state index contributed by atoms with van der Waals surface area (Å²) in [7, 11) is -0.321. The number of hydrogen-bond acceptors (Lipinski definition) is 10. The topological polar surface area (TPSA) is 97.7 Å². The number of rotatable bonds is 7. The van der Waals surface area contributed by atoms with E-state index in [1.54, 1.807) is 13.8 Å². The molecule has 52 heavy (non-hydrogen) atoms. The van der Waals surface area contributed by atoms with Crippen molar-refractivity contribution in [2.24, 2.45) is 0 Å². The van der Waals surface area contributed by atoms with Crippen LogP contribution in [0.25, 0.3) is 0 Å². The van der Waals surface area contributed by atoms with Crippen LogP contribution in [0.4, 0.5) is 22.7 Å². The predicted molar refractivity (Wildman–Crippen MR) is 215 cm³/mol. The van der Waals surface area contributed by atoms with Gasteiger partial charge in [-0.2, -0.15) is 0 Å². The van der Waals surface area contributed by atoms with E-state index in [9.17, 15) is 10.2 Å². The van der Waals surface area contributed by atoms with E-state index in [1.165, 1.54) is 11.4 Å². The average molecular weight is 772 g/mol. The molecule has 4 aromatic rings. The van der Waals surface area contributed by atoms with E-state index in [0.717, 1.165) is 79.4 Å². The van der Waals surface area contributed by atoms with E-state index < -0.39 is 12.2 Å². The van der Waals surface area contributed by atoms with Crippen molar-refractivity contribution in [3.8, 4) is 0 Å². The Balaban J connectivity index is 0.000000187. The summed E-state index contributed by atoms with van der Waals surface area (Å²) in [5, 5.41) is 19.1. The first-order valence-electron chi connectivity index (χ1n) is 18.3. The summed E-state index contributed by atoms with van der Waals surface area (Å²) >= 11 is 3.47. The number of piperazine rings is 2. The molecule has 12 heteroatoms. The lowest BCUT2D eigenvalue weighted by Gasteiger charge is -2.37. The molecule has 5 heterocycles. The quantitative estimate of drug-likeness (QED) is 0.219. The number of pyridine rings is 2. The molecule has 3 aliphatic rings. The maximum absolute atomic E-state index is 9.63. The molecule has 3 fully saturated rings. The first kappa shape index (κ1) is 38.1. The van der Waals surface area contributed by atoms with Crippen LogP contribution in [0.1, 0.15) is 65.1 Å². The highest BCUT2D eigenvalue weighted by Crippen LogP contribution is 2.36. The van der Waals surface area contributed by atoms with Crippen LogP contribution in [0.2, 0.25) is 0 Å². The van der Waals surface area contributed by atoms with Crippen molar-refractivity contribution in [1.29, 1.82) is 0 Å². The third kappa shape index (κ3) is 8.91. The van der Waals surface area contributed by atoms with Gasteiger partial charge in [0.2, 0.25) is 0 Å². The van der Waals surface area contributed by atoms with E-state index in [0.29, 0.717) is 5.69 Å². The van der Waals surface area contributed by atoms with E-state index >= 15 is 0 Å². The van der Waals surface area contributed by atoms with E-state index in [4.69, 9.17) is 9.31 Å². The van der Waals surface area contributed by atoms with Crippen LogP contribution in [0.5, 0.6) is 0 Å². The van der Waals surface area contributed by atoms with Gasteiger partial charge in [-0.15, -0.1) is 0 Å². The predicted octanol–water partition coefficient (Wildman–Crippen LogP) is 5.98. The SMILES string of the molecule is CC(O)c1ccc(N2CCN(c3ccc(B4OC(C)(C)C(C)(C)O4)cc3)CC2)cn1.CC(O)c1ccc(N2CCN(c3ccc(Br)cc3)CC2)cn1. The van der Waals surface area contributed by atoms with Crippen molar-refractivity contribution in [1.82, 2.24) is 9.97 Å². The molecule has 0 amide bonds. The number of aromatic nitrogens is 2. The first-order valence-corrected chi connectivity index (χ1v) is 19.1. The molecule has 0 saturated carbocycles. The molecule has 0 aliphatic carbocycles. The Hall–Kier alpha value is -3.68. The van der Waals surface area contributed by atoms with Crippen LogP contribution in [0.15, 0.2) is 89.7 Å². The van der Waals surface area contributed by atoms with Crippen molar-refractivity contribution in [3.05, 3.63) is 101 Å². The van der Waals surface area contributed by atoms with E-state index in [-0.39, 0.29) is 18.3 Å². The lowest BCUT2D eigenvalue weighted by atomic mass is 9.79. The number of benzene rings is 2. The number of anilines is 4. The van der Waals surface area contributed by atoms with Gasteiger partial charge in [-0.3, -0.25) is 9.97 Å². The van der Waals surface area contributed by atoms with Crippen LogP contribution in [-0.4, -0.2) is 90.9 Å². The fraction of sp³-hybridized carbons (Fsp3) is 0.450. The second-order valence-corrected chi connectivity index (χ2v) is 15.8. The van der Waals surface area contributed by atoms with Gasteiger partial charge in [-0.05, 0) is 108 Å². The van der Waals surface area contributed by atoms with Crippen LogP contribution in [0, 0.1) is 0 Å². The molecular weight excluding hydrogens is 719 g/mol. The van der Waals surface area contributed by atoms with Gasteiger partial charge in [0.05, 0.1) is 58.6 Å². The molecule has 3 saturated heterocycles. The Morgan fingerprint density at radius 1 is 0.558 bits per heavy atom. The minimum absolute atomic E-state index is 0.321. The van der Waals surface area contributed by atoms with E-state index in [1.807, 2.05) is 36.7 Å². The summed E-state index contributed by atoms with van der Waals surface area (Å²) in [5.41, 5.74) is 6.55. The van der Waals surface area contributed by atoms with Gasteiger partial charge in [-0.1, -0.05) is 28.1 Å². The second kappa shape index (κ2) is 16.1. The molecule has 2 unspecified atom stereocenters. The van der Waals surface area contributed by atoms with Crippen LogP contribution >= 0.6 is 15.9 Å². The van der Waals surface area contributed by atoms with Gasteiger partial charge in [0.25, 0.3) is 0 Å². The molecular formula is C40H52BBrN6O4. The molecule has 2 aromatic heterocycles. The maximum atomic E-state index is 9.63. The molecule has 2 aromatic carbocycles. The highest BCUT2D eigenvalue weighted by molar-refractivity contribution is 9.10. The minimum atomic E-state index is -0.531. The summed E-state index contributed by atoms with van der Waals surface area (Å²) in [4.78, 5) is 18.2. The smallest absolute Gasteiger partial charge is 0.399 e. The highest BCUT2D eigenvalue weighted by Gasteiger charge is 2.51. The minimum Gasteiger partial charge on any atom is -0.399 e. The lowest BCUT2D eigenvalue weighted by Crippen LogP contribution is -2.46. The van der Waals surface area contributed by atoms with Crippen LogP contribution in [0.3, 0.4) is 0 Å². The molecule has 2 atom stereocenters. The van der Waals surface area contributed by atoms with Gasteiger partial charge in [-0.25, -0.2) is 0 Å². The number of aliphatic hydroxyl groups excluding tert-OH is 2. The van der Waals surface area contributed by atoms with Crippen molar-refractivity contribution >= 4 is 51.3 Å². The third-order valence-corrected chi connectivity index (χ3v) is 11.2. The van der Waals surface area contributed by atoms with Crippen molar-refractivity contribution < 1.29 is 19.5 Å². The second-order valence-electron chi connectivity index (χ2n) is 14.8.